The van der Waals surface area contributed by atoms with Crippen LogP contribution in [0.3, 0.4) is 0 Å². The van der Waals surface area contributed by atoms with E-state index in [0.717, 1.165) is 4.90 Å². The zero-order valence-corrected chi connectivity index (χ0v) is 18.9. The van der Waals surface area contributed by atoms with Gasteiger partial charge in [-0.2, -0.15) is 0 Å². The first-order chi connectivity index (χ1) is 17.2. The van der Waals surface area contributed by atoms with Crippen LogP contribution in [-0.4, -0.2) is 52.7 Å². The Hall–Kier alpha value is -4.74. The molecule has 0 bridgehead atoms. The highest BCUT2D eigenvalue weighted by atomic mass is 16.5. The number of rotatable bonds is 8. The maximum Gasteiger partial charge on any atom is 0.404 e. The van der Waals surface area contributed by atoms with Gasteiger partial charge in [-0.25, -0.2) is 4.79 Å². The van der Waals surface area contributed by atoms with E-state index in [-0.39, 0.29) is 42.7 Å². The molecule has 2 aliphatic heterocycles. The molecule has 2 atom stereocenters. The van der Waals surface area contributed by atoms with Crippen molar-refractivity contribution in [2.45, 2.75) is 38.0 Å². The lowest BCUT2D eigenvalue weighted by Crippen LogP contribution is -2.54. The fraction of sp³-hybridized carbons (Fsp3) is 0.250. The molecule has 5 N–H and O–H groups in total. The molecule has 4 rings (SSSR count). The van der Waals surface area contributed by atoms with Gasteiger partial charge in [0.05, 0.1) is 11.1 Å². The molecule has 0 aromatic heterocycles. The summed E-state index contributed by atoms with van der Waals surface area (Å²) in [5.41, 5.74) is 11.8. The molecule has 2 heterocycles. The van der Waals surface area contributed by atoms with Crippen molar-refractivity contribution in [1.29, 1.82) is 0 Å². The van der Waals surface area contributed by atoms with Crippen LogP contribution in [0.5, 0.6) is 5.75 Å². The Balaban J connectivity index is 1.54. The number of benzene rings is 2. The van der Waals surface area contributed by atoms with Crippen molar-refractivity contribution >= 4 is 35.6 Å². The van der Waals surface area contributed by atoms with Gasteiger partial charge in [-0.15, -0.1) is 0 Å². The molecule has 186 valence electrons. The van der Waals surface area contributed by atoms with Crippen LogP contribution in [0.25, 0.3) is 0 Å². The number of amides is 6. The third-order valence-corrected chi connectivity index (χ3v) is 5.84. The largest absolute Gasteiger partial charge is 0.479 e. The van der Waals surface area contributed by atoms with Crippen LogP contribution in [0.4, 0.5) is 4.79 Å². The van der Waals surface area contributed by atoms with Crippen LogP contribution < -0.4 is 21.5 Å². The fourth-order valence-electron chi connectivity index (χ4n) is 4.08. The first kappa shape index (κ1) is 24.4. The maximum atomic E-state index is 13.2. The minimum Gasteiger partial charge on any atom is -0.479 e. The summed E-state index contributed by atoms with van der Waals surface area (Å²) in [6.07, 6.45) is -2.03. The molecule has 1 fully saturated rings. The Morgan fingerprint density at radius 2 is 1.69 bits per heavy atom. The highest BCUT2D eigenvalue weighted by molar-refractivity contribution is 6.24. The summed E-state index contributed by atoms with van der Waals surface area (Å²) in [6, 6.07) is 9.93. The quantitative estimate of drug-likeness (QED) is 0.433. The molecule has 0 spiro atoms. The molecule has 0 radical (unpaired) electrons. The first-order valence-corrected chi connectivity index (χ1v) is 11.0. The summed E-state index contributed by atoms with van der Waals surface area (Å²) in [5, 5.41) is 2.13. The Morgan fingerprint density at radius 1 is 1.00 bits per heavy atom. The highest BCUT2D eigenvalue weighted by Crippen LogP contribution is 2.34. The second-order valence-corrected chi connectivity index (χ2v) is 8.26. The van der Waals surface area contributed by atoms with E-state index >= 15 is 0 Å². The normalized spacial score (nSPS) is 17.9. The lowest BCUT2D eigenvalue weighted by molar-refractivity contribution is -0.136. The number of nitrogens with two attached hydrogens (primary N) is 2. The SMILES string of the molecule is NC(=O)OCc1ccc(CC(Oc2cccc3c2C(=O)N(C2CCC(=O)NC2=O)C3=O)C(N)=O)cc1. The summed E-state index contributed by atoms with van der Waals surface area (Å²) < 4.78 is 10.5. The van der Waals surface area contributed by atoms with E-state index in [1.807, 2.05) is 0 Å². The number of hydrogen-bond acceptors (Lipinski definition) is 8. The number of primary amides is 2. The molecular formula is C24H22N4O8. The predicted molar refractivity (Wildman–Crippen MR) is 121 cm³/mol. The van der Waals surface area contributed by atoms with E-state index in [2.05, 4.69) is 5.32 Å². The van der Waals surface area contributed by atoms with Crippen LogP contribution in [0.1, 0.15) is 44.7 Å². The Kier molecular flexibility index (Phi) is 6.68. The van der Waals surface area contributed by atoms with E-state index in [4.69, 9.17) is 20.9 Å². The van der Waals surface area contributed by atoms with Gasteiger partial charge in [0.2, 0.25) is 11.8 Å². The number of carbonyl (C=O) groups is 6. The van der Waals surface area contributed by atoms with Gasteiger partial charge in [0.25, 0.3) is 17.7 Å². The number of carbonyl (C=O) groups excluding carboxylic acids is 6. The first-order valence-electron chi connectivity index (χ1n) is 11.0. The average Bonchev–Trinajstić information content (AvgIpc) is 3.09. The van der Waals surface area contributed by atoms with Crippen LogP contribution in [0.2, 0.25) is 0 Å². The molecule has 1 saturated heterocycles. The van der Waals surface area contributed by atoms with Crippen LogP contribution >= 0.6 is 0 Å². The number of hydrogen-bond donors (Lipinski definition) is 3. The van der Waals surface area contributed by atoms with Crippen LogP contribution in [-0.2, 0) is 32.1 Å². The van der Waals surface area contributed by atoms with E-state index < -0.39 is 47.8 Å². The molecule has 2 aromatic rings. The minimum atomic E-state index is -1.18. The smallest absolute Gasteiger partial charge is 0.404 e. The maximum absolute atomic E-state index is 13.2. The molecule has 36 heavy (non-hydrogen) atoms. The molecule has 12 nitrogen and oxygen atoms in total. The fourth-order valence-corrected chi connectivity index (χ4v) is 4.08. The van der Waals surface area contributed by atoms with Crippen molar-refractivity contribution in [2.75, 3.05) is 0 Å². The van der Waals surface area contributed by atoms with E-state index in [1.54, 1.807) is 24.3 Å². The molecule has 2 aromatic carbocycles. The van der Waals surface area contributed by atoms with Gasteiger partial charge in [0.1, 0.15) is 18.4 Å². The van der Waals surface area contributed by atoms with Gasteiger partial charge in [-0.1, -0.05) is 30.3 Å². The van der Waals surface area contributed by atoms with Crippen molar-refractivity contribution in [3.05, 3.63) is 64.7 Å². The molecule has 0 aliphatic carbocycles. The molecule has 12 heteroatoms. The highest BCUT2D eigenvalue weighted by Gasteiger charge is 2.46. The number of ether oxygens (including phenoxy) is 2. The number of fused-ring (bicyclic) bond motifs is 1. The number of piperidine rings is 1. The van der Waals surface area contributed by atoms with E-state index in [9.17, 15) is 28.8 Å². The Morgan fingerprint density at radius 3 is 2.33 bits per heavy atom. The molecule has 2 aliphatic rings. The molecular weight excluding hydrogens is 472 g/mol. The van der Waals surface area contributed by atoms with Gasteiger partial charge < -0.3 is 20.9 Å². The standard InChI is InChI=1S/C24H22N4O8/c25-20(30)17(10-12-4-6-13(7-5-12)11-35-24(26)34)36-16-3-1-2-14-19(16)23(33)28(22(14)32)15-8-9-18(29)27-21(15)31/h1-7,15,17H,8-11H2,(H2,25,30)(H2,26,34)(H,27,29,31). The lowest BCUT2D eigenvalue weighted by atomic mass is 10.0. The summed E-state index contributed by atoms with van der Waals surface area (Å²) in [6.45, 7) is -0.0126. The summed E-state index contributed by atoms with van der Waals surface area (Å²) in [5.74, 6) is -3.50. The average molecular weight is 494 g/mol. The Bertz CT molecular complexity index is 1270. The van der Waals surface area contributed by atoms with Crippen molar-refractivity contribution in [2.24, 2.45) is 11.5 Å². The second kappa shape index (κ2) is 9.86. The minimum absolute atomic E-state index is 0.00956. The second-order valence-electron chi connectivity index (χ2n) is 8.26. The number of nitrogens with one attached hydrogen (secondary N) is 1. The van der Waals surface area contributed by atoms with Crippen molar-refractivity contribution in [1.82, 2.24) is 10.2 Å². The molecule has 2 unspecified atom stereocenters. The molecule has 0 saturated carbocycles. The summed E-state index contributed by atoms with van der Waals surface area (Å²) in [4.78, 5) is 73.7. The van der Waals surface area contributed by atoms with Gasteiger partial charge in [-0.3, -0.25) is 34.2 Å². The van der Waals surface area contributed by atoms with Gasteiger partial charge >= 0.3 is 6.09 Å². The van der Waals surface area contributed by atoms with E-state index in [1.165, 1.54) is 18.2 Å². The predicted octanol–water partition coefficient (Wildman–Crippen LogP) is 0.159. The summed E-state index contributed by atoms with van der Waals surface area (Å²) >= 11 is 0. The third kappa shape index (κ3) is 4.87. The topological polar surface area (TPSA) is 188 Å². The van der Waals surface area contributed by atoms with Crippen molar-refractivity contribution < 1.29 is 38.2 Å². The zero-order valence-electron chi connectivity index (χ0n) is 18.9. The van der Waals surface area contributed by atoms with E-state index in [0.29, 0.717) is 11.1 Å². The number of nitrogens with zero attached hydrogens (tertiary/aromatic N) is 1. The lowest BCUT2D eigenvalue weighted by Gasteiger charge is -2.27. The van der Waals surface area contributed by atoms with Crippen LogP contribution in [0.15, 0.2) is 42.5 Å². The van der Waals surface area contributed by atoms with Crippen molar-refractivity contribution in [3.63, 3.8) is 0 Å². The Labute approximate surface area is 204 Å². The monoisotopic (exact) mass is 494 g/mol. The zero-order chi connectivity index (χ0) is 26.0. The molecule has 6 amide bonds. The van der Waals surface area contributed by atoms with Gasteiger partial charge in [0, 0.05) is 12.8 Å². The van der Waals surface area contributed by atoms with Crippen LogP contribution in [0, 0.1) is 0 Å². The third-order valence-electron chi connectivity index (χ3n) is 5.84. The number of imide groups is 2. The summed E-state index contributed by atoms with van der Waals surface area (Å²) in [7, 11) is 0. The van der Waals surface area contributed by atoms with Gasteiger partial charge in [-0.05, 0) is 29.7 Å². The van der Waals surface area contributed by atoms with Crippen molar-refractivity contribution in [3.8, 4) is 5.75 Å². The van der Waals surface area contributed by atoms with Gasteiger partial charge in [0.15, 0.2) is 6.10 Å².